The van der Waals surface area contributed by atoms with E-state index in [1.165, 1.54) is 0 Å². The zero-order chi connectivity index (χ0) is 15.0. The molecule has 0 aliphatic heterocycles. The average Bonchev–Trinajstić information content (AvgIpc) is 2.44. The van der Waals surface area contributed by atoms with Gasteiger partial charge in [-0.3, -0.25) is 4.79 Å². The van der Waals surface area contributed by atoms with Crippen molar-refractivity contribution in [3.63, 3.8) is 0 Å². The zero-order valence-electron chi connectivity index (χ0n) is 11.5. The van der Waals surface area contributed by atoms with Gasteiger partial charge < -0.3 is 25.7 Å². The number of amides is 1. The molecule has 4 N–H and O–H groups in total. The van der Waals surface area contributed by atoms with Crippen molar-refractivity contribution < 1.29 is 19.5 Å². The SMILES string of the molecule is COCC(C)NC(=O)COc1ccccc1/C(N)=N/O. The molecule has 20 heavy (non-hydrogen) atoms. The molecule has 0 saturated carbocycles. The van der Waals surface area contributed by atoms with Crippen LogP contribution >= 0.6 is 0 Å². The Morgan fingerprint density at radius 1 is 1.50 bits per heavy atom. The van der Waals surface area contributed by atoms with Gasteiger partial charge in [0.05, 0.1) is 12.2 Å². The summed E-state index contributed by atoms with van der Waals surface area (Å²) in [5.41, 5.74) is 5.95. The highest BCUT2D eigenvalue weighted by Gasteiger charge is 2.11. The van der Waals surface area contributed by atoms with Crippen LogP contribution in [-0.4, -0.2) is 43.3 Å². The highest BCUT2D eigenvalue weighted by atomic mass is 16.5. The van der Waals surface area contributed by atoms with Gasteiger partial charge in [0.15, 0.2) is 12.4 Å². The molecule has 0 saturated heterocycles. The zero-order valence-corrected chi connectivity index (χ0v) is 11.5. The van der Waals surface area contributed by atoms with Gasteiger partial charge in [-0.2, -0.15) is 0 Å². The Kier molecular flexibility index (Phi) is 6.31. The molecule has 0 bridgehead atoms. The highest BCUT2D eigenvalue weighted by molar-refractivity contribution is 5.99. The largest absolute Gasteiger partial charge is 0.483 e. The van der Waals surface area contributed by atoms with Crippen LogP contribution in [0.2, 0.25) is 0 Å². The van der Waals surface area contributed by atoms with Crippen molar-refractivity contribution in [2.45, 2.75) is 13.0 Å². The summed E-state index contributed by atoms with van der Waals surface area (Å²) in [5.74, 6) is 0.0231. The molecule has 1 amide bonds. The molecule has 0 heterocycles. The van der Waals surface area contributed by atoms with Gasteiger partial charge in [0.2, 0.25) is 0 Å². The number of para-hydroxylation sites is 1. The Morgan fingerprint density at radius 2 is 2.20 bits per heavy atom. The summed E-state index contributed by atoms with van der Waals surface area (Å²) >= 11 is 0. The number of amidine groups is 1. The molecule has 7 nitrogen and oxygen atoms in total. The van der Waals surface area contributed by atoms with Crippen LogP contribution in [0.3, 0.4) is 0 Å². The second-order valence-electron chi connectivity index (χ2n) is 4.19. The minimum absolute atomic E-state index is 0.0752. The molecule has 0 spiro atoms. The normalized spacial score (nSPS) is 12.8. The van der Waals surface area contributed by atoms with E-state index in [0.29, 0.717) is 17.9 Å². The number of carbonyl (C=O) groups excluding carboxylic acids is 1. The fraction of sp³-hybridized carbons (Fsp3) is 0.385. The maximum Gasteiger partial charge on any atom is 0.258 e. The predicted molar refractivity (Wildman–Crippen MR) is 73.9 cm³/mol. The number of nitrogens with zero attached hydrogens (tertiary/aromatic N) is 1. The summed E-state index contributed by atoms with van der Waals surface area (Å²) in [4.78, 5) is 11.6. The van der Waals surface area contributed by atoms with E-state index in [9.17, 15) is 4.79 Å². The first-order valence-corrected chi connectivity index (χ1v) is 6.06. The molecule has 0 aromatic heterocycles. The van der Waals surface area contributed by atoms with Crippen LogP contribution in [0.25, 0.3) is 0 Å². The number of ether oxygens (including phenoxy) is 2. The lowest BCUT2D eigenvalue weighted by Crippen LogP contribution is -2.38. The minimum Gasteiger partial charge on any atom is -0.483 e. The Balaban J connectivity index is 2.60. The van der Waals surface area contributed by atoms with Gasteiger partial charge in [-0.25, -0.2) is 0 Å². The third-order valence-electron chi connectivity index (χ3n) is 2.45. The summed E-state index contributed by atoms with van der Waals surface area (Å²) in [6.45, 7) is 2.09. The van der Waals surface area contributed by atoms with Gasteiger partial charge >= 0.3 is 0 Å². The van der Waals surface area contributed by atoms with Crippen LogP contribution in [0.4, 0.5) is 0 Å². The summed E-state index contributed by atoms with van der Waals surface area (Å²) in [6, 6.07) is 6.63. The van der Waals surface area contributed by atoms with Crippen molar-refractivity contribution in [3.05, 3.63) is 29.8 Å². The highest BCUT2D eigenvalue weighted by Crippen LogP contribution is 2.17. The smallest absolute Gasteiger partial charge is 0.258 e. The Bertz CT molecular complexity index is 476. The van der Waals surface area contributed by atoms with Gasteiger partial charge in [-0.05, 0) is 19.1 Å². The number of nitrogens with two attached hydrogens (primary N) is 1. The summed E-state index contributed by atoms with van der Waals surface area (Å²) in [5, 5.41) is 14.3. The molecule has 0 fully saturated rings. The summed E-state index contributed by atoms with van der Waals surface area (Å²) in [7, 11) is 1.56. The number of rotatable bonds is 7. The molecule has 1 unspecified atom stereocenters. The van der Waals surface area contributed by atoms with E-state index < -0.39 is 0 Å². The van der Waals surface area contributed by atoms with Crippen molar-refractivity contribution in [3.8, 4) is 5.75 Å². The monoisotopic (exact) mass is 281 g/mol. The van der Waals surface area contributed by atoms with Gasteiger partial charge in [0.1, 0.15) is 5.75 Å². The van der Waals surface area contributed by atoms with Crippen LogP contribution in [0.15, 0.2) is 29.4 Å². The second kappa shape index (κ2) is 8.00. The Labute approximate surface area is 117 Å². The lowest BCUT2D eigenvalue weighted by molar-refractivity contribution is -0.124. The molecule has 1 aromatic carbocycles. The topological polar surface area (TPSA) is 106 Å². The summed E-state index contributed by atoms with van der Waals surface area (Å²) < 4.78 is 10.3. The van der Waals surface area contributed by atoms with Crippen LogP contribution in [-0.2, 0) is 9.53 Å². The molecular weight excluding hydrogens is 262 g/mol. The van der Waals surface area contributed by atoms with Gasteiger partial charge in [-0.1, -0.05) is 17.3 Å². The third-order valence-corrected chi connectivity index (χ3v) is 2.45. The molecular formula is C13H19N3O4. The number of hydrogen-bond acceptors (Lipinski definition) is 5. The fourth-order valence-corrected chi connectivity index (χ4v) is 1.61. The number of methoxy groups -OCH3 is 1. The molecule has 0 radical (unpaired) electrons. The number of hydrogen-bond donors (Lipinski definition) is 3. The van der Waals surface area contributed by atoms with E-state index in [-0.39, 0.29) is 24.4 Å². The van der Waals surface area contributed by atoms with E-state index in [2.05, 4.69) is 10.5 Å². The molecule has 110 valence electrons. The second-order valence-corrected chi connectivity index (χ2v) is 4.19. The Hall–Kier alpha value is -2.28. The minimum atomic E-state index is -0.274. The first kappa shape index (κ1) is 15.8. The van der Waals surface area contributed by atoms with Crippen LogP contribution in [0.1, 0.15) is 12.5 Å². The van der Waals surface area contributed by atoms with Gasteiger partial charge in [0, 0.05) is 13.2 Å². The molecule has 1 atom stereocenters. The van der Waals surface area contributed by atoms with Crippen molar-refractivity contribution in [1.29, 1.82) is 0 Å². The van der Waals surface area contributed by atoms with E-state index >= 15 is 0 Å². The molecule has 1 rings (SSSR count). The van der Waals surface area contributed by atoms with Crippen molar-refractivity contribution in [2.75, 3.05) is 20.3 Å². The number of oxime groups is 1. The van der Waals surface area contributed by atoms with Gasteiger partial charge in [-0.15, -0.1) is 0 Å². The van der Waals surface area contributed by atoms with E-state index in [1.54, 1.807) is 31.4 Å². The first-order valence-electron chi connectivity index (χ1n) is 6.06. The van der Waals surface area contributed by atoms with Crippen molar-refractivity contribution in [2.24, 2.45) is 10.9 Å². The lowest BCUT2D eigenvalue weighted by Gasteiger charge is -2.14. The van der Waals surface area contributed by atoms with E-state index in [1.807, 2.05) is 6.92 Å². The number of nitrogens with one attached hydrogen (secondary N) is 1. The van der Waals surface area contributed by atoms with E-state index in [0.717, 1.165) is 0 Å². The Morgan fingerprint density at radius 3 is 2.85 bits per heavy atom. The molecule has 1 aromatic rings. The van der Waals surface area contributed by atoms with Crippen molar-refractivity contribution in [1.82, 2.24) is 5.32 Å². The van der Waals surface area contributed by atoms with Crippen LogP contribution in [0, 0.1) is 0 Å². The van der Waals surface area contributed by atoms with Crippen LogP contribution < -0.4 is 15.8 Å². The maximum absolute atomic E-state index is 11.6. The van der Waals surface area contributed by atoms with Crippen LogP contribution in [0.5, 0.6) is 5.75 Å². The third kappa shape index (κ3) is 4.77. The predicted octanol–water partition coefficient (Wildman–Crippen LogP) is 0.311. The molecule has 7 heteroatoms. The lowest BCUT2D eigenvalue weighted by atomic mass is 10.2. The fourth-order valence-electron chi connectivity index (χ4n) is 1.61. The molecule has 0 aliphatic rings. The van der Waals surface area contributed by atoms with Gasteiger partial charge in [0.25, 0.3) is 5.91 Å². The standard InChI is InChI=1S/C13H19N3O4/c1-9(7-19-2)15-12(17)8-20-11-6-4-3-5-10(11)13(14)16-18/h3-6,9,18H,7-8H2,1-2H3,(H2,14,16)(H,15,17). The van der Waals surface area contributed by atoms with Crippen molar-refractivity contribution >= 4 is 11.7 Å². The maximum atomic E-state index is 11.6. The molecule has 0 aliphatic carbocycles. The quantitative estimate of drug-likeness (QED) is 0.289. The average molecular weight is 281 g/mol. The number of carbonyl (C=O) groups is 1. The first-order chi connectivity index (χ1) is 9.58. The summed E-state index contributed by atoms with van der Waals surface area (Å²) in [6.07, 6.45) is 0. The van der Waals surface area contributed by atoms with E-state index in [4.69, 9.17) is 20.4 Å². The number of benzene rings is 1.